The molecule has 3 nitrogen and oxygen atoms in total. The predicted molar refractivity (Wildman–Crippen MR) is 85.1 cm³/mol. The SMILES string of the molecule is CC(=O)c1cccc(OCCCC[NH+]2CCC[C@H](C)C2)c1. The number of benzene rings is 1. The molecule has 1 saturated heterocycles. The van der Waals surface area contributed by atoms with Crippen molar-refractivity contribution >= 4 is 5.78 Å². The van der Waals surface area contributed by atoms with Crippen LogP contribution in [0.25, 0.3) is 0 Å². The summed E-state index contributed by atoms with van der Waals surface area (Å²) in [6, 6.07) is 7.46. The molecule has 1 aromatic rings. The van der Waals surface area contributed by atoms with E-state index < -0.39 is 0 Å². The van der Waals surface area contributed by atoms with E-state index in [-0.39, 0.29) is 5.78 Å². The minimum absolute atomic E-state index is 0.0864. The van der Waals surface area contributed by atoms with Crippen LogP contribution in [0.1, 0.15) is 49.9 Å². The van der Waals surface area contributed by atoms with Crippen LogP contribution in [0.4, 0.5) is 0 Å². The summed E-state index contributed by atoms with van der Waals surface area (Å²) in [5, 5.41) is 0. The normalized spacial score (nSPS) is 22.0. The van der Waals surface area contributed by atoms with Crippen LogP contribution in [0, 0.1) is 5.92 Å². The second-order valence-corrected chi connectivity index (χ2v) is 6.34. The maximum absolute atomic E-state index is 11.3. The number of hydrogen-bond donors (Lipinski definition) is 1. The molecule has 1 aliphatic rings. The van der Waals surface area contributed by atoms with Crippen LogP contribution < -0.4 is 9.64 Å². The number of quaternary nitrogens is 1. The third-order valence-electron chi connectivity index (χ3n) is 4.30. The van der Waals surface area contributed by atoms with Crippen molar-refractivity contribution in [3.8, 4) is 5.75 Å². The van der Waals surface area contributed by atoms with Crippen molar-refractivity contribution < 1.29 is 14.4 Å². The number of ketones is 1. The molecular formula is C18H28NO2+. The van der Waals surface area contributed by atoms with Gasteiger partial charge in [-0.05, 0) is 44.7 Å². The quantitative estimate of drug-likeness (QED) is 0.617. The van der Waals surface area contributed by atoms with Gasteiger partial charge in [0.05, 0.1) is 26.2 Å². The van der Waals surface area contributed by atoms with E-state index in [4.69, 9.17) is 4.74 Å². The molecule has 1 heterocycles. The van der Waals surface area contributed by atoms with E-state index in [0.717, 1.165) is 30.3 Å². The molecule has 21 heavy (non-hydrogen) atoms. The van der Waals surface area contributed by atoms with Crippen molar-refractivity contribution in [2.75, 3.05) is 26.2 Å². The van der Waals surface area contributed by atoms with Crippen LogP contribution in [0.2, 0.25) is 0 Å². The van der Waals surface area contributed by atoms with Gasteiger partial charge in [0.2, 0.25) is 0 Å². The summed E-state index contributed by atoms with van der Waals surface area (Å²) >= 11 is 0. The zero-order valence-corrected chi connectivity index (χ0v) is 13.4. The van der Waals surface area contributed by atoms with Gasteiger partial charge in [0.1, 0.15) is 5.75 Å². The first-order valence-electron chi connectivity index (χ1n) is 8.22. The van der Waals surface area contributed by atoms with Gasteiger partial charge < -0.3 is 9.64 Å². The molecule has 0 spiro atoms. The fourth-order valence-electron chi connectivity index (χ4n) is 3.10. The maximum Gasteiger partial charge on any atom is 0.159 e. The van der Waals surface area contributed by atoms with Gasteiger partial charge in [-0.1, -0.05) is 19.1 Å². The molecular weight excluding hydrogens is 262 g/mol. The highest BCUT2D eigenvalue weighted by Crippen LogP contribution is 2.14. The topological polar surface area (TPSA) is 30.7 Å². The van der Waals surface area contributed by atoms with E-state index in [9.17, 15) is 4.79 Å². The zero-order chi connectivity index (χ0) is 15.1. The zero-order valence-electron chi connectivity index (χ0n) is 13.4. The molecule has 0 bridgehead atoms. The Hall–Kier alpha value is -1.35. The number of rotatable bonds is 7. The first-order chi connectivity index (χ1) is 10.1. The summed E-state index contributed by atoms with van der Waals surface area (Å²) < 4.78 is 5.75. The lowest BCUT2D eigenvalue weighted by Gasteiger charge is -2.27. The fraction of sp³-hybridized carbons (Fsp3) is 0.611. The number of hydrogen-bond acceptors (Lipinski definition) is 2. The molecule has 0 saturated carbocycles. The van der Waals surface area contributed by atoms with Crippen molar-refractivity contribution in [3.05, 3.63) is 29.8 Å². The molecule has 0 radical (unpaired) electrons. The summed E-state index contributed by atoms with van der Waals surface area (Å²) in [7, 11) is 0. The molecule has 1 aromatic carbocycles. The van der Waals surface area contributed by atoms with Crippen molar-refractivity contribution in [3.63, 3.8) is 0 Å². The lowest BCUT2D eigenvalue weighted by molar-refractivity contribution is -0.908. The van der Waals surface area contributed by atoms with Crippen molar-refractivity contribution in [1.29, 1.82) is 0 Å². The van der Waals surface area contributed by atoms with Crippen LogP contribution in [0.5, 0.6) is 5.75 Å². The standard InChI is InChI=1S/C18H27NO2/c1-15-7-6-11-19(14-15)10-3-4-12-21-18-9-5-8-17(13-18)16(2)20/h5,8-9,13,15H,3-4,6-7,10-12,14H2,1-2H3/p+1/t15-/m0/s1. The average Bonchev–Trinajstić information content (AvgIpc) is 2.47. The molecule has 1 unspecified atom stereocenters. The number of likely N-dealkylation sites (tertiary alicyclic amines) is 1. The monoisotopic (exact) mass is 290 g/mol. The van der Waals surface area contributed by atoms with Crippen LogP contribution in [0.15, 0.2) is 24.3 Å². The number of carbonyl (C=O) groups is 1. The minimum Gasteiger partial charge on any atom is -0.494 e. The number of piperidine rings is 1. The van der Waals surface area contributed by atoms with Crippen LogP contribution in [0.3, 0.4) is 0 Å². The van der Waals surface area contributed by atoms with Gasteiger partial charge in [-0.2, -0.15) is 0 Å². The van der Waals surface area contributed by atoms with Gasteiger partial charge >= 0.3 is 0 Å². The smallest absolute Gasteiger partial charge is 0.159 e. The molecule has 2 rings (SSSR count). The number of Topliss-reactive ketones (excluding diaryl/α,β-unsaturated/α-hetero) is 1. The number of unbranched alkanes of at least 4 members (excludes halogenated alkanes) is 1. The Morgan fingerprint density at radius 1 is 1.38 bits per heavy atom. The average molecular weight is 290 g/mol. The Kier molecular flexibility index (Phi) is 6.24. The Labute approximate surface area is 128 Å². The molecule has 1 aliphatic heterocycles. The third kappa shape index (κ3) is 5.50. The largest absolute Gasteiger partial charge is 0.494 e. The van der Waals surface area contributed by atoms with Gasteiger partial charge in [-0.15, -0.1) is 0 Å². The van der Waals surface area contributed by atoms with E-state index in [1.54, 1.807) is 11.8 Å². The van der Waals surface area contributed by atoms with Gasteiger partial charge in [-0.3, -0.25) is 4.79 Å². The van der Waals surface area contributed by atoms with Gasteiger partial charge in [0.25, 0.3) is 0 Å². The van der Waals surface area contributed by atoms with Crippen LogP contribution in [-0.2, 0) is 0 Å². The second kappa shape index (κ2) is 8.18. The molecule has 1 fully saturated rings. The van der Waals surface area contributed by atoms with Gasteiger partial charge in [0, 0.05) is 11.5 Å². The molecule has 1 N–H and O–H groups in total. The molecule has 2 atom stereocenters. The Balaban J connectivity index is 1.63. The minimum atomic E-state index is 0.0864. The molecule has 0 amide bonds. The molecule has 116 valence electrons. The highest BCUT2D eigenvalue weighted by Gasteiger charge is 2.18. The Morgan fingerprint density at radius 2 is 2.24 bits per heavy atom. The molecule has 0 aromatic heterocycles. The summed E-state index contributed by atoms with van der Waals surface area (Å²) in [6.07, 6.45) is 5.08. The molecule has 0 aliphatic carbocycles. The lowest BCUT2D eigenvalue weighted by atomic mass is 10.0. The van der Waals surface area contributed by atoms with E-state index in [0.29, 0.717) is 0 Å². The van der Waals surface area contributed by atoms with E-state index >= 15 is 0 Å². The molecule has 3 heteroatoms. The fourth-order valence-corrected chi connectivity index (χ4v) is 3.10. The number of ether oxygens (including phenoxy) is 1. The Bertz CT molecular complexity index is 458. The third-order valence-corrected chi connectivity index (χ3v) is 4.30. The maximum atomic E-state index is 11.3. The predicted octanol–water partition coefficient (Wildman–Crippen LogP) is 2.36. The second-order valence-electron chi connectivity index (χ2n) is 6.34. The Morgan fingerprint density at radius 3 is 3.00 bits per heavy atom. The number of carbonyl (C=O) groups excluding carboxylic acids is 1. The van der Waals surface area contributed by atoms with Gasteiger partial charge in [0.15, 0.2) is 5.78 Å². The van der Waals surface area contributed by atoms with Crippen molar-refractivity contribution in [1.82, 2.24) is 0 Å². The van der Waals surface area contributed by atoms with E-state index in [1.807, 2.05) is 24.3 Å². The summed E-state index contributed by atoms with van der Waals surface area (Å²) in [5.74, 6) is 1.78. The summed E-state index contributed by atoms with van der Waals surface area (Å²) in [6.45, 7) is 8.63. The first kappa shape index (κ1) is 16.0. The summed E-state index contributed by atoms with van der Waals surface area (Å²) in [5.41, 5.74) is 0.722. The van der Waals surface area contributed by atoms with Crippen LogP contribution in [-0.4, -0.2) is 32.0 Å². The highest BCUT2D eigenvalue weighted by atomic mass is 16.5. The lowest BCUT2D eigenvalue weighted by Crippen LogP contribution is -3.13. The van der Waals surface area contributed by atoms with E-state index in [1.165, 1.54) is 38.9 Å². The number of nitrogens with one attached hydrogen (secondary N) is 1. The summed E-state index contributed by atoms with van der Waals surface area (Å²) in [4.78, 5) is 13.1. The van der Waals surface area contributed by atoms with Gasteiger partial charge in [-0.25, -0.2) is 0 Å². The highest BCUT2D eigenvalue weighted by molar-refractivity contribution is 5.94. The van der Waals surface area contributed by atoms with Crippen LogP contribution >= 0.6 is 0 Å². The first-order valence-corrected chi connectivity index (χ1v) is 8.22. The van der Waals surface area contributed by atoms with Crippen molar-refractivity contribution in [2.45, 2.75) is 39.5 Å². The van der Waals surface area contributed by atoms with Crippen molar-refractivity contribution in [2.24, 2.45) is 5.92 Å². The van der Waals surface area contributed by atoms with E-state index in [2.05, 4.69) is 6.92 Å².